The number of amides is 1. The molecule has 2 rings (SSSR count). The Hall–Kier alpha value is -1.08. The average Bonchev–Trinajstić information content (AvgIpc) is 2.01. The van der Waals surface area contributed by atoms with Crippen molar-refractivity contribution in [3.63, 3.8) is 0 Å². The summed E-state index contributed by atoms with van der Waals surface area (Å²) in [4.78, 5) is 13.6. The van der Waals surface area contributed by atoms with Gasteiger partial charge in [0.25, 0.3) is 0 Å². The fourth-order valence-electron chi connectivity index (χ4n) is 1.96. The molecule has 4 nitrogen and oxygen atoms in total. The third kappa shape index (κ3) is 1.20. The standard InChI is InChI=1S/C10H14N2O2/c1-14-8-5-12(6-8)9(13)10(7-11)3-2-4-10/h8H,2-6H2,1H3. The predicted octanol–water partition coefficient (Wildman–Crippen LogP) is 0.537. The Morgan fingerprint density at radius 2 is 2.21 bits per heavy atom. The number of ether oxygens (including phenoxy) is 1. The molecule has 14 heavy (non-hydrogen) atoms. The van der Waals surface area contributed by atoms with E-state index in [1.807, 2.05) is 0 Å². The van der Waals surface area contributed by atoms with Gasteiger partial charge in [0.15, 0.2) is 0 Å². The highest BCUT2D eigenvalue weighted by Crippen LogP contribution is 2.42. The van der Waals surface area contributed by atoms with Crippen LogP contribution >= 0.6 is 0 Å². The monoisotopic (exact) mass is 194 g/mol. The Bertz CT molecular complexity index is 285. The van der Waals surface area contributed by atoms with Crippen LogP contribution in [0.1, 0.15) is 19.3 Å². The lowest BCUT2D eigenvalue weighted by atomic mass is 9.68. The molecule has 1 amide bonds. The van der Waals surface area contributed by atoms with Crippen LogP contribution in [0.3, 0.4) is 0 Å². The van der Waals surface area contributed by atoms with Crippen molar-refractivity contribution in [2.75, 3.05) is 20.2 Å². The number of nitrogens with zero attached hydrogens (tertiary/aromatic N) is 2. The first-order valence-electron chi connectivity index (χ1n) is 4.95. The molecule has 2 fully saturated rings. The van der Waals surface area contributed by atoms with Crippen molar-refractivity contribution in [1.29, 1.82) is 5.26 Å². The van der Waals surface area contributed by atoms with E-state index in [1.165, 1.54) is 0 Å². The van der Waals surface area contributed by atoms with Gasteiger partial charge in [-0.2, -0.15) is 5.26 Å². The molecular formula is C10H14N2O2. The summed E-state index contributed by atoms with van der Waals surface area (Å²) in [6.07, 6.45) is 2.64. The zero-order valence-electron chi connectivity index (χ0n) is 8.32. The first kappa shape index (κ1) is 9.47. The Balaban J connectivity index is 1.94. The fraction of sp³-hybridized carbons (Fsp3) is 0.800. The van der Waals surface area contributed by atoms with E-state index >= 15 is 0 Å². The van der Waals surface area contributed by atoms with Crippen LogP contribution in [0.4, 0.5) is 0 Å². The Morgan fingerprint density at radius 1 is 1.57 bits per heavy atom. The molecule has 2 aliphatic rings. The lowest BCUT2D eigenvalue weighted by Gasteiger charge is -2.44. The number of carbonyl (C=O) groups excluding carboxylic acids is 1. The molecule has 1 saturated carbocycles. The highest BCUT2D eigenvalue weighted by Gasteiger charge is 2.49. The van der Waals surface area contributed by atoms with E-state index in [-0.39, 0.29) is 12.0 Å². The van der Waals surface area contributed by atoms with E-state index in [9.17, 15) is 4.79 Å². The molecule has 0 aromatic carbocycles. The zero-order chi connectivity index (χ0) is 10.2. The molecule has 0 bridgehead atoms. The second kappa shape index (κ2) is 3.25. The number of nitriles is 1. The van der Waals surface area contributed by atoms with Crippen molar-refractivity contribution in [2.45, 2.75) is 25.4 Å². The second-order valence-corrected chi connectivity index (χ2v) is 4.12. The zero-order valence-corrected chi connectivity index (χ0v) is 8.32. The minimum atomic E-state index is -0.682. The van der Waals surface area contributed by atoms with Crippen LogP contribution in [-0.4, -0.2) is 37.1 Å². The van der Waals surface area contributed by atoms with Crippen molar-refractivity contribution in [1.82, 2.24) is 4.90 Å². The van der Waals surface area contributed by atoms with Gasteiger partial charge in [0.05, 0.1) is 12.2 Å². The molecule has 0 N–H and O–H groups in total. The molecule has 1 aliphatic heterocycles. The molecule has 1 saturated heterocycles. The Morgan fingerprint density at radius 3 is 2.57 bits per heavy atom. The molecule has 0 unspecified atom stereocenters. The summed E-state index contributed by atoms with van der Waals surface area (Å²) in [6, 6.07) is 2.16. The maximum atomic E-state index is 11.9. The Labute approximate surface area is 83.4 Å². The van der Waals surface area contributed by atoms with Gasteiger partial charge in [-0.15, -0.1) is 0 Å². The predicted molar refractivity (Wildman–Crippen MR) is 49.3 cm³/mol. The summed E-state index contributed by atoms with van der Waals surface area (Å²) in [5, 5.41) is 8.97. The minimum absolute atomic E-state index is 0.0135. The van der Waals surface area contributed by atoms with Crippen LogP contribution in [0.2, 0.25) is 0 Å². The quantitative estimate of drug-likeness (QED) is 0.644. The van der Waals surface area contributed by atoms with Gasteiger partial charge in [-0.25, -0.2) is 0 Å². The number of hydrogen-bond acceptors (Lipinski definition) is 3. The largest absolute Gasteiger partial charge is 0.378 e. The molecule has 4 heteroatoms. The smallest absolute Gasteiger partial charge is 0.243 e. The highest BCUT2D eigenvalue weighted by atomic mass is 16.5. The topological polar surface area (TPSA) is 53.3 Å². The molecule has 1 aliphatic carbocycles. The second-order valence-electron chi connectivity index (χ2n) is 4.12. The van der Waals surface area contributed by atoms with Crippen molar-refractivity contribution >= 4 is 5.91 Å². The molecule has 0 radical (unpaired) electrons. The van der Waals surface area contributed by atoms with Gasteiger partial charge in [0.2, 0.25) is 5.91 Å². The van der Waals surface area contributed by atoms with Gasteiger partial charge in [0.1, 0.15) is 5.41 Å². The van der Waals surface area contributed by atoms with Crippen molar-refractivity contribution in [3.8, 4) is 6.07 Å². The maximum Gasteiger partial charge on any atom is 0.243 e. The maximum absolute atomic E-state index is 11.9. The van der Waals surface area contributed by atoms with Crippen molar-refractivity contribution in [3.05, 3.63) is 0 Å². The first-order chi connectivity index (χ1) is 6.72. The minimum Gasteiger partial charge on any atom is -0.378 e. The van der Waals surface area contributed by atoms with Crippen molar-refractivity contribution in [2.24, 2.45) is 5.41 Å². The summed E-state index contributed by atoms with van der Waals surface area (Å²) >= 11 is 0. The number of likely N-dealkylation sites (tertiary alicyclic amines) is 1. The van der Waals surface area contributed by atoms with E-state index in [0.29, 0.717) is 13.1 Å². The van der Waals surface area contributed by atoms with E-state index in [0.717, 1.165) is 19.3 Å². The molecule has 0 atom stereocenters. The summed E-state index contributed by atoms with van der Waals surface area (Å²) in [5.74, 6) is 0.0135. The number of rotatable bonds is 2. The van der Waals surface area contributed by atoms with E-state index in [4.69, 9.17) is 10.00 Å². The third-order valence-corrected chi connectivity index (χ3v) is 3.30. The van der Waals surface area contributed by atoms with Crippen LogP contribution in [-0.2, 0) is 9.53 Å². The van der Waals surface area contributed by atoms with Crippen LogP contribution in [0, 0.1) is 16.7 Å². The highest BCUT2D eigenvalue weighted by molar-refractivity contribution is 5.87. The molecule has 0 aromatic rings. The van der Waals surface area contributed by atoms with Crippen LogP contribution < -0.4 is 0 Å². The average molecular weight is 194 g/mol. The normalized spacial score (nSPS) is 24.7. The van der Waals surface area contributed by atoms with Gasteiger partial charge >= 0.3 is 0 Å². The number of carbonyl (C=O) groups is 1. The molecule has 0 aromatic heterocycles. The van der Waals surface area contributed by atoms with E-state index < -0.39 is 5.41 Å². The van der Waals surface area contributed by atoms with E-state index in [2.05, 4.69) is 6.07 Å². The van der Waals surface area contributed by atoms with E-state index in [1.54, 1.807) is 12.0 Å². The first-order valence-corrected chi connectivity index (χ1v) is 4.95. The van der Waals surface area contributed by atoms with Gasteiger partial charge in [-0.3, -0.25) is 4.79 Å². The van der Waals surface area contributed by atoms with Gasteiger partial charge in [-0.05, 0) is 19.3 Å². The molecular weight excluding hydrogens is 180 g/mol. The summed E-state index contributed by atoms with van der Waals surface area (Å²) in [5.41, 5.74) is -0.682. The van der Waals surface area contributed by atoms with Crippen LogP contribution in [0.5, 0.6) is 0 Å². The lowest BCUT2D eigenvalue weighted by Crippen LogP contribution is -2.59. The summed E-state index contributed by atoms with van der Waals surface area (Å²) in [7, 11) is 1.65. The van der Waals surface area contributed by atoms with Crippen LogP contribution in [0.25, 0.3) is 0 Å². The van der Waals surface area contributed by atoms with Crippen LogP contribution in [0.15, 0.2) is 0 Å². The van der Waals surface area contributed by atoms with Gasteiger partial charge in [-0.1, -0.05) is 0 Å². The Kier molecular flexibility index (Phi) is 2.20. The number of hydrogen-bond donors (Lipinski definition) is 0. The van der Waals surface area contributed by atoms with Crippen molar-refractivity contribution < 1.29 is 9.53 Å². The molecule has 76 valence electrons. The van der Waals surface area contributed by atoms with Gasteiger partial charge in [0, 0.05) is 20.2 Å². The summed E-state index contributed by atoms with van der Waals surface area (Å²) in [6.45, 7) is 1.30. The third-order valence-electron chi connectivity index (χ3n) is 3.30. The SMILES string of the molecule is COC1CN(C(=O)C2(C#N)CCC2)C1. The summed E-state index contributed by atoms with van der Waals surface area (Å²) < 4.78 is 5.09. The molecule has 1 heterocycles. The lowest BCUT2D eigenvalue weighted by molar-refractivity contribution is -0.154. The number of methoxy groups -OCH3 is 1. The molecule has 0 spiro atoms. The van der Waals surface area contributed by atoms with Gasteiger partial charge < -0.3 is 9.64 Å². The fourth-order valence-corrected chi connectivity index (χ4v) is 1.96.